The molecule has 3 nitrogen and oxygen atoms in total. The number of aldehydes is 1. The standard InChI is InChI=1S/C7H10O3/c8-4-7(9)3-1-2-5-6(7)10-5/h4-6,9H,1-3H2. The van der Waals surface area contributed by atoms with Crippen LogP contribution in [0.3, 0.4) is 0 Å². The van der Waals surface area contributed by atoms with Gasteiger partial charge in [0.15, 0.2) is 6.29 Å². The second kappa shape index (κ2) is 1.80. The van der Waals surface area contributed by atoms with Crippen molar-refractivity contribution < 1.29 is 14.6 Å². The minimum Gasteiger partial charge on any atom is -0.380 e. The zero-order valence-electron chi connectivity index (χ0n) is 5.62. The maximum absolute atomic E-state index is 10.4. The first-order valence-electron chi connectivity index (χ1n) is 3.60. The van der Waals surface area contributed by atoms with E-state index in [1.165, 1.54) is 0 Å². The van der Waals surface area contributed by atoms with Crippen molar-refractivity contribution in [3.05, 3.63) is 0 Å². The van der Waals surface area contributed by atoms with Gasteiger partial charge in [-0.15, -0.1) is 0 Å². The van der Waals surface area contributed by atoms with Gasteiger partial charge in [-0.05, 0) is 19.3 Å². The number of ether oxygens (including phenoxy) is 1. The van der Waals surface area contributed by atoms with Gasteiger partial charge in [-0.25, -0.2) is 0 Å². The number of carbonyl (C=O) groups is 1. The molecule has 2 fully saturated rings. The molecule has 1 N–H and O–H groups in total. The van der Waals surface area contributed by atoms with E-state index in [9.17, 15) is 9.90 Å². The van der Waals surface area contributed by atoms with Crippen molar-refractivity contribution in [2.45, 2.75) is 37.1 Å². The van der Waals surface area contributed by atoms with E-state index in [0.29, 0.717) is 12.7 Å². The Labute approximate surface area is 59.0 Å². The first-order chi connectivity index (χ1) is 4.76. The van der Waals surface area contributed by atoms with Crippen LogP contribution in [0.15, 0.2) is 0 Å². The molecular weight excluding hydrogens is 132 g/mol. The van der Waals surface area contributed by atoms with E-state index in [1.54, 1.807) is 0 Å². The van der Waals surface area contributed by atoms with Gasteiger partial charge in [0, 0.05) is 0 Å². The molecule has 1 saturated heterocycles. The highest BCUT2D eigenvalue weighted by molar-refractivity contribution is 5.64. The number of fused-ring (bicyclic) bond motifs is 1. The second-order valence-corrected chi connectivity index (χ2v) is 3.10. The molecule has 3 atom stereocenters. The summed E-state index contributed by atoms with van der Waals surface area (Å²) in [7, 11) is 0. The summed E-state index contributed by atoms with van der Waals surface area (Å²) in [6.07, 6.45) is 3.08. The largest absolute Gasteiger partial charge is 0.380 e. The average Bonchev–Trinajstić information content (AvgIpc) is 2.68. The third-order valence-electron chi connectivity index (χ3n) is 2.35. The molecule has 0 aromatic rings. The van der Waals surface area contributed by atoms with Crippen molar-refractivity contribution in [1.82, 2.24) is 0 Å². The number of hydrogen-bond acceptors (Lipinski definition) is 3. The van der Waals surface area contributed by atoms with Crippen LogP contribution in [0.5, 0.6) is 0 Å². The minimum absolute atomic E-state index is 0.170. The summed E-state index contributed by atoms with van der Waals surface area (Å²) in [5.41, 5.74) is -1.15. The molecule has 1 aliphatic carbocycles. The maximum atomic E-state index is 10.4. The Morgan fingerprint density at radius 3 is 3.10 bits per heavy atom. The first-order valence-corrected chi connectivity index (χ1v) is 3.60. The molecule has 1 heterocycles. The monoisotopic (exact) mass is 142 g/mol. The zero-order valence-corrected chi connectivity index (χ0v) is 5.62. The fraction of sp³-hybridized carbons (Fsp3) is 0.857. The summed E-state index contributed by atoms with van der Waals surface area (Å²) in [6, 6.07) is 0. The molecular formula is C7H10O3. The summed E-state index contributed by atoms with van der Waals surface area (Å²) < 4.78 is 5.10. The fourth-order valence-corrected chi connectivity index (χ4v) is 1.66. The summed E-state index contributed by atoms with van der Waals surface area (Å²) in [5.74, 6) is 0. The first kappa shape index (κ1) is 6.31. The summed E-state index contributed by atoms with van der Waals surface area (Å²) >= 11 is 0. The van der Waals surface area contributed by atoms with Crippen LogP contribution in [0.4, 0.5) is 0 Å². The minimum atomic E-state index is -1.15. The van der Waals surface area contributed by atoms with Gasteiger partial charge in [0.25, 0.3) is 0 Å². The van der Waals surface area contributed by atoms with Gasteiger partial charge < -0.3 is 14.6 Å². The van der Waals surface area contributed by atoms with Gasteiger partial charge in [0.1, 0.15) is 11.7 Å². The van der Waals surface area contributed by atoms with Crippen LogP contribution in [0.1, 0.15) is 19.3 Å². The molecule has 1 aliphatic heterocycles. The lowest BCUT2D eigenvalue weighted by atomic mass is 9.86. The Bertz CT molecular complexity index is 168. The lowest BCUT2D eigenvalue weighted by Gasteiger charge is -2.22. The van der Waals surface area contributed by atoms with Gasteiger partial charge in [0.05, 0.1) is 6.10 Å². The molecule has 1 saturated carbocycles. The normalized spacial score (nSPS) is 51.7. The summed E-state index contributed by atoms with van der Waals surface area (Å²) in [4.78, 5) is 10.4. The predicted octanol–water partition coefficient (Wildman–Crippen LogP) is -0.132. The number of rotatable bonds is 1. The second-order valence-electron chi connectivity index (χ2n) is 3.10. The van der Waals surface area contributed by atoms with Crippen molar-refractivity contribution in [3.8, 4) is 0 Å². The lowest BCUT2D eigenvalue weighted by molar-refractivity contribution is -0.127. The van der Waals surface area contributed by atoms with Crippen LogP contribution in [0, 0.1) is 0 Å². The van der Waals surface area contributed by atoms with Gasteiger partial charge in [-0.1, -0.05) is 0 Å². The summed E-state index contributed by atoms with van der Waals surface area (Å²) in [5, 5.41) is 9.50. The fourth-order valence-electron chi connectivity index (χ4n) is 1.66. The quantitative estimate of drug-likeness (QED) is 0.409. The molecule has 2 aliphatic rings. The average molecular weight is 142 g/mol. The molecule has 0 aromatic heterocycles. The van der Waals surface area contributed by atoms with Crippen LogP contribution < -0.4 is 0 Å². The van der Waals surface area contributed by atoms with Crippen LogP contribution in [0.25, 0.3) is 0 Å². The molecule has 2 rings (SSSR count). The van der Waals surface area contributed by atoms with Crippen LogP contribution in [-0.4, -0.2) is 29.2 Å². The number of aliphatic hydroxyl groups is 1. The van der Waals surface area contributed by atoms with Crippen molar-refractivity contribution >= 4 is 6.29 Å². The SMILES string of the molecule is O=CC1(O)CCCC2OC21. The van der Waals surface area contributed by atoms with E-state index in [2.05, 4.69) is 0 Å². The Balaban J connectivity index is 2.14. The van der Waals surface area contributed by atoms with E-state index >= 15 is 0 Å². The van der Waals surface area contributed by atoms with E-state index in [4.69, 9.17) is 4.74 Å². The van der Waals surface area contributed by atoms with Crippen molar-refractivity contribution in [3.63, 3.8) is 0 Å². The lowest BCUT2D eigenvalue weighted by Crippen LogP contribution is -2.40. The van der Waals surface area contributed by atoms with E-state index < -0.39 is 5.60 Å². The zero-order chi connectivity index (χ0) is 7.19. The topological polar surface area (TPSA) is 49.8 Å². The molecule has 0 radical (unpaired) electrons. The number of hydrogen-bond donors (Lipinski definition) is 1. The third kappa shape index (κ3) is 0.707. The molecule has 56 valence electrons. The van der Waals surface area contributed by atoms with Gasteiger partial charge >= 0.3 is 0 Å². The van der Waals surface area contributed by atoms with E-state index in [-0.39, 0.29) is 12.2 Å². The number of carbonyl (C=O) groups excluding carboxylic acids is 1. The highest BCUT2D eigenvalue weighted by Crippen LogP contribution is 2.42. The van der Waals surface area contributed by atoms with Crippen LogP contribution >= 0.6 is 0 Å². The predicted molar refractivity (Wildman–Crippen MR) is 33.5 cm³/mol. The van der Waals surface area contributed by atoms with Crippen molar-refractivity contribution in [2.75, 3.05) is 0 Å². The Morgan fingerprint density at radius 1 is 1.70 bits per heavy atom. The third-order valence-corrected chi connectivity index (χ3v) is 2.35. The summed E-state index contributed by atoms with van der Waals surface area (Å²) in [6.45, 7) is 0. The van der Waals surface area contributed by atoms with Gasteiger partial charge in [-0.3, -0.25) is 0 Å². The molecule has 10 heavy (non-hydrogen) atoms. The molecule has 0 bridgehead atoms. The molecule has 0 spiro atoms. The van der Waals surface area contributed by atoms with E-state index in [1.807, 2.05) is 0 Å². The van der Waals surface area contributed by atoms with Crippen molar-refractivity contribution in [2.24, 2.45) is 0 Å². The molecule has 0 aromatic carbocycles. The van der Waals surface area contributed by atoms with Crippen molar-refractivity contribution in [1.29, 1.82) is 0 Å². The molecule has 0 amide bonds. The maximum Gasteiger partial charge on any atom is 0.154 e. The smallest absolute Gasteiger partial charge is 0.154 e. The Hall–Kier alpha value is -0.410. The van der Waals surface area contributed by atoms with Gasteiger partial charge in [-0.2, -0.15) is 0 Å². The van der Waals surface area contributed by atoms with Gasteiger partial charge in [0.2, 0.25) is 0 Å². The van der Waals surface area contributed by atoms with E-state index in [0.717, 1.165) is 12.8 Å². The Morgan fingerprint density at radius 2 is 2.50 bits per heavy atom. The Kier molecular flexibility index (Phi) is 1.13. The highest BCUT2D eigenvalue weighted by Gasteiger charge is 2.56. The number of epoxide rings is 1. The van der Waals surface area contributed by atoms with Crippen LogP contribution in [0.2, 0.25) is 0 Å². The van der Waals surface area contributed by atoms with Crippen LogP contribution in [-0.2, 0) is 9.53 Å². The molecule has 3 heteroatoms. The highest BCUT2D eigenvalue weighted by atomic mass is 16.6. The molecule has 3 unspecified atom stereocenters.